The summed E-state index contributed by atoms with van der Waals surface area (Å²) in [5, 5.41) is 27.0. The van der Waals surface area contributed by atoms with E-state index < -0.39 is 39.5 Å². The molecule has 0 fully saturated rings. The number of nitriles is 1. The second-order valence-electron chi connectivity index (χ2n) is 3.42. The second-order valence-corrected chi connectivity index (χ2v) is 4.87. The molecule has 9 heteroatoms. The van der Waals surface area contributed by atoms with Crippen LogP contribution in [0, 0.1) is 11.3 Å². The summed E-state index contributed by atoms with van der Waals surface area (Å²) in [6.07, 6.45) is 0. The van der Waals surface area contributed by atoms with E-state index >= 15 is 0 Å². The summed E-state index contributed by atoms with van der Waals surface area (Å²) >= 11 is 0. The van der Waals surface area contributed by atoms with Crippen molar-refractivity contribution in [2.75, 3.05) is 6.61 Å². The Morgan fingerprint density at radius 1 is 1.44 bits per heavy atom. The topological polar surface area (TPSA) is 141 Å². The standard InChI is InChI=1S/C9H10N2O6S/c10-4-7-6(5-18(15,16)17)3-8(13)11(1-2-12)9(7)14/h3,12-13H,1-2,5H2,(H,15,16,17). The fourth-order valence-electron chi connectivity index (χ4n) is 1.43. The summed E-state index contributed by atoms with van der Waals surface area (Å²) in [5.41, 5.74) is -1.72. The zero-order valence-corrected chi connectivity index (χ0v) is 9.88. The van der Waals surface area contributed by atoms with Crippen LogP contribution >= 0.6 is 0 Å². The van der Waals surface area contributed by atoms with Gasteiger partial charge in [-0.3, -0.25) is 13.9 Å². The maximum Gasteiger partial charge on any atom is 0.271 e. The van der Waals surface area contributed by atoms with Gasteiger partial charge in [-0.1, -0.05) is 0 Å². The van der Waals surface area contributed by atoms with E-state index in [1.54, 1.807) is 0 Å². The van der Waals surface area contributed by atoms with Crippen molar-refractivity contribution >= 4 is 10.1 Å². The predicted molar refractivity (Wildman–Crippen MR) is 59.4 cm³/mol. The normalized spacial score (nSPS) is 11.2. The summed E-state index contributed by atoms with van der Waals surface area (Å²) in [4.78, 5) is 11.7. The predicted octanol–water partition coefficient (Wildman–Crippen LogP) is -1.19. The molecule has 1 aromatic heterocycles. The van der Waals surface area contributed by atoms with Gasteiger partial charge in [0.25, 0.3) is 15.7 Å². The van der Waals surface area contributed by atoms with E-state index in [2.05, 4.69) is 0 Å². The molecule has 0 spiro atoms. The monoisotopic (exact) mass is 274 g/mol. The lowest BCUT2D eigenvalue weighted by molar-refractivity contribution is 0.263. The van der Waals surface area contributed by atoms with Crippen LogP contribution in [0.2, 0.25) is 0 Å². The van der Waals surface area contributed by atoms with Crippen LogP contribution in [0.1, 0.15) is 11.1 Å². The molecule has 0 amide bonds. The Hall–Kier alpha value is -1.89. The van der Waals surface area contributed by atoms with Crippen molar-refractivity contribution in [2.24, 2.45) is 0 Å². The molecule has 8 nitrogen and oxygen atoms in total. The minimum absolute atomic E-state index is 0.231. The Kier molecular flexibility index (Phi) is 4.07. The number of hydrogen-bond acceptors (Lipinski definition) is 6. The molecular weight excluding hydrogens is 264 g/mol. The number of nitrogens with zero attached hydrogens (tertiary/aromatic N) is 2. The van der Waals surface area contributed by atoms with Gasteiger partial charge in [-0.2, -0.15) is 13.7 Å². The summed E-state index contributed by atoms with van der Waals surface area (Å²) in [7, 11) is -4.43. The van der Waals surface area contributed by atoms with E-state index in [0.717, 1.165) is 10.6 Å². The minimum Gasteiger partial charge on any atom is -0.494 e. The highest BCUT2D eigenvalue weighted by Gasteiger charge is 2.18. The Balaban J connectivity index is 3.49. The first-order valence-electron chi connectivity index (χ1n) is 4.72. The van der Waals surface area contributed by atoms with Crippen molar-refractivity contribution in [3.63, 3.8) is 0 Å². The zero-order chi connectivity index (χ0) is 13.9. The molecule has 1 aromatic rings. The molecule has 0 radical (unpaired) electrons. The average Bonchev–Trinajstić information content (AvgIpc) is 2.22. The van der Waals surface area contributed by atoms with Crippen LogP contribution in [0.5, 0.6) is 5.88 Å². The van der Waals surface area contributed by atoms with Gasteiger partial charge >= 0.3 is 0 Å². The smallest absolute Gasteiger partial charge is 0.271 e. The van der Waals surface area contributed by atoms with Gasteiger partial charge in [0.05, 0.1) is 13.2 Å². The zero-order valence-electron chi connectivity index (χ0n) is 9.07. The number of aliphatic hydroxyl groups excluding tert-OH is 1. The largest absolute Gasteiger partial charge is 0.494 e. The molecule has 1 rings (SSSR count). The van der Waals surface area contributed by atoms with Crippen molar-refractivity contribution in [3.8, 4) is 11.9 Å². The maximum absolute atomic E-state index is 11.7. The highest BCUT2D eigenvalue weighted by atomic mass is 32.2. The van der Waals surface area contributed by atoms with Gasteiger partial charge < -0.3 is 10.2 Å². The van der Waals surface area contributed by atoms with Crippen molar-refractivity contribution in [2.45, 2.75) is 12.3 Å². The van der Waals surface area contributed by atoms with Crippen LogP contribution in [0.15, 0.2) is 10.9 Å². The number of aromatic hydroxyl groups is 1. The van der Waals surface area contributed by atoms with Gasteiger partial charge in [0.1, 0.15) is 17.4 Å². The molecule has 3 N–H and O–H groups in total. The van der Waals surface area contributed by atoms with Gasteiger partial charge in [-0.15, -0.1) is 0 Å². The van der Waals surface area contributed by atoms with Crippen LogP contribution in [0.4, 0.5) is 0 Å². The van der Waals surface area contributed by atoms with Crippen molar-refractivity contribution < 1.29 is 23.2 Å². The van der Waals surface area contributed by atoms with Crippen molar-refractivity contribution in [1.29, 1.82) is 5.26 Å². The van der Waals surface area contributed by atoms with Gasteiger partial charge in [0.15, 0.2) is 5.88 Å². The quantitative estimate of drug-likeness (QED) is 0.586. The van der Waals surface area contributed by atoms with Crippen molar-refractivity contribution in [3.05, 3.63) is 27.5 Å². The van der Waals surface area contributed by atoms with E-state index in [9.17, 15) is 18.3 Å². The molecule has 0 saturated carbocycles. The Labute approximate surface area is 102 Å². The summed E-state index contributed by atoms with van der Waals surface area (Å²) in [6, 6.07) is 2.40. The van der Waals surface area contributed by atoms with Gasteiger partial charge in [-0.25, -0.2) is 0 Å². The highest BCUT2D eigenvalue weighted by Crippen LogP contribution is 2.15. The first-order valence-corrected chi connectivity index (χ1v) is 6.33. The first kappa shape index (κ1) is 14.2. The van der Waals surface area contributed by atoms with E-state index in [1.165, 1.54) is 6.07 Å². The van der Waals surface area contributed by atoms with Crippen LogP contribution < -0.4 is 5.56 Å². The number of aromatic nitrogens is 1. The molecule has 0 aromatic carbocycles. The highest BCUT2D eigenvalue weighted by molar-refractivity contribution is 7.85. The molecule has 0 bridgehead atoms. The van der Waals surface area contributed by atoms with Crippen LogP contribution in [-0.4, -0.2) is 34.4 Å². The molecule has 0 aliphatic heterocycles. The number of pyridine rings is 1. The number of aliphatic hydroxyl groups is 1. The molecule has 0 aliphatic carbocycles. The van der Waals surface area contributed by atoms with E-state index in [0.29, 0.717) is 0 Å². The fourth-order valence-corrected chi connectivity index (χ4v) is 2.05. The summed E-state index contributed by atoms with van der Waals surface area (Å²) in [5.74, 6) is -1.54. The molecule has 98 valence electrons. The molecule has 18 heavy (non-hydrogen) atoms. The lowest BCUT2D eigenvalue weighted by Gasteiger charge is -2.09. The molecular formula is C9H10N2O6S. The lowest BCUT2D eigenvalue weighted by Crippen LogP contribution is -2.26. The molecule has 0 atom stereocenters. The average molecular weight is 274 g/mol. The van der Waals surface area contributed by atoms with Crippen LogP contribution in [0.3, 0.4) is 0 Å². The molecule has 0 saturated heterocycles. The fraction of sp³-hybridized carbons (Fsp3) is 0.333. The third-order valence-corrected chi connectivity index (χ3v) is 2.81. The van der Waals surface area contributed by atoms with E-state index in [1.807, 2.05) is 0 Å². The summed E-state index contributed by atoms with van der Waals surface area (Å²) in [6.45, 7) is -0.665. The molecule has 0 aliphatic rings. The lowest BCUT2D eigenvalue weighted by atomic mass is 10.1. The molecule has 0 unspecified atom stereocenters. The third kappa shape index (κ3) is 3.07. The maximum atomic E-state index is 11.7. The van der Waals surface area contributed by atoms with Crippen LogP contribution in [0.25, 0.3) is 0 Å². The van der Waals surface area contributed by atoms with Gasteiger partial charge in [0.2, 0.25) is 0 Å². The van der Waals surface area contributed by atoms with Crippen LogP contribution in [-0.2, 0) is 22.4 Å². The van der Waals surface area contributed by atoms with Crippen molar-refractivity contribution in [1.82, 2.24) is 4.57 Å². The number of hydrogen-bond donors (Lipinski definition) is 3. The summed E-state index contributed by atoms with van der Waals surface area (Å²) < 4.78 is 30.8. The second kappa shape index (κ2) is 5.18. The Bertz CT molecular complexity index is 655. The SMILES string of the molecule is N#Cc1c(CS(=O)(=O)O)cc(O)n(CCO)c1=O. The minimum atomic E-state index is -4.43. The third-order valence-electron chi connectivity index (χ3n) is 2.13. The first-order chi connectivity index (χ1) is 8.30. The Morgan fingerprint density at radius 2 is 2.06 bits per heavy atom. The van der Waals surface area contributed by atoms with Gasteiger partial charge in [-0.05, 0) is 5.56 Å². The van der Waals surface area contributed by atoms with E-state index in [-0.39, 0.29) is 12.1 Å². The number of rotatable bonds is 4. The van der Waals surface area contributed by atoms with E-state index in [4.69, 9.17) is 14.9 Å². The van der Waals surface area contributed by atoms with Gasteiger partial charge in [0, 0.05) is 6.07 Å². The molecule has 1 heterocycles. The Morgan fingerprint density at radius 3 is 2.50 bits per heavy atom.